The number of aryl methyl sites for hydroxylation is 2. The first-order valence-electron chi connectivity index (χ1n) is 10.6. The lowest BCUT2D eigenvalue weighted by molar-refractivity contribution is -0.157. The third-order valence-corrected chi connectivity index (χ3v) is 6.40. The Morgan fingerprint density at radius 1 is 1.27 bits per heavy atom. The molecule has 2 aliphatic heterocycles. The van der Waals surface area contributed by atoms with Crippen molar-refractivity contribution in [3.8, 4) is 11.4 Å². The summed E-state index contributed by atoms with van der Waals surface area (Å²) >= 11 is 0. The Kier molecular flexibility index (Phi) is 4.77. The summed E-state index contributed by atoms with van der Waals surface area (Å²) in [5.41, 5.74) is 12.7. The van der Waals surface area contributed by atoms with Gasteiger partial charge in [-0.05, 0) is 55.7 Å². The molecule has 0 bridgehead atoms. The number of hydrazine groups is 1. The van der Waals surface area contributed by atoms with Crippen molar-refractivity contribution in [1.82, 2.24) is 14.6 Å². The molecule has 0 aliphatic carbocycles. The Hall–Kier alpha value is -3.69. The number of ether oxygens (including phenoxy) is 1. The highest BCUT2D eigenvalue weighted by Gasteiger charge is 2.34. The second-order valence-electron chi connectivity index (χ2n) is 8.78. The predicted octanol–water partition coefficient (Wildman–Crippen LogP) is 1.63. The van der Waals surface area contributed by atoms with Crippen molar-refractivity contribution in [2.45, 2.75) is 46.6 Å². The Morgan fingerprint density at radius 3 is 2.73 bits per heavy atom. The van der Waals surface area contributed by atoms with Gasteiger partial charge >= 0.3 is 5.97 Å². The van der Waals surface area contributed by atoms with E-state index in [-0.39, 0.29) is 17.7 Å². The summed E-state index contributed by atoms with van der Waals surface area (Å²) in [5.74, 6) is 5.47. The van der Waals surface area contributed by atoms with Gasteiger partial charge in [0.1, 0.15) is 6.61 Å². The van der Waals surface area contributed by atoms with Crippen LogP contribution in [-0.2, 0) is 29.2 Å². The average Bonchev–Trinajstić information content (AvgIpc) is 3.11. The molecule has 0 fully saturated rings. The number of nitrogens with zero attached hydrogens (tertiary/aromatic N) is 3. The Balaban J connectivity index is 1.78. The number of cyclic esters (lactones) is 1. The number of rotatable bonds is 3. The van der Waals surface area contributed by atoms with Gasteiger partial charge < -0.3 is 25.2 Å². The molecule has 0 amide bonds. The molecule has 33 heavy (non-hydrogen) atoms. The maximum atomic E-state index is 13.3. The van der Waals surface area contributed by atoms with Crippen LogP contribution in [0.1, 0.15) is 46.4 Å². The number of fused-ring (bicyclic) bond motifs is 5. The lowest BCUT2D eigenvalue weighted by Gasteiger charge is -2.21. The van der Waals surface area contributed by atoms with Crippen molar-refractivity contribution in [3.05, 3.63) is 73.8 Å². The normalized spacial score (nSPS) is 16.9. The zero-order valence-electron chi connectivity index (χ0n) is 18.7. The van der Waals surface area contributed by atoms with Gasteiger partial charge in [-0.25, -0.2) is 15.6 Å². The summed E-state index contributed by atoms with van der Waals surface area (Å²) in [4.78, 5) is 30.1. The number of pyridine rings is 2. The first-order valence-corrected chi connectivity index (χ1v) is 10.6. The van der Waals surface area contributed by atoms with Gasteiger partial charge in [0.15, 0.2) is 6.10 Å². The molecule has 0 saturated carbocycles. The van der Waals surface area contributed by atoms with Gasteiger partial charge in [-0.2, -0.15) is 0 Å². The zero-order chi connectivity index (χ0) is 23.6. The standard InChI is InChI=1S/C24H25N5O4/c1-11-4-14-16(8-28(26)7-13(3)25)17-9-29-20(21(17)27-19(14)5-12(11)2)6-15-18(23(29)31)10-33-24(32)22(15)30/h4-7,22,30H,8-10,25-26H2,1-3H3/b13-7-. The molecule has 170 valence electrons. The summed E-state index contributed by atoms with van der Waals surface area (Å²) in [7, 11) is 0. The van der Waals surface area contributed by atoms with Crippen LogP contribution in [0.25, 0.3) is 22.3 Å². The van der Waals surface area contributed by atoms with Gasteiger partial charge in [0.2, 0.25) is 0 Å². The first kappa shape index (κ1) is 21.2. The van der Waals surface area contributed by atoms with Crippen molar-refractivity contribution in [1.29, 1.82) is 0 Å². The molecule has 0 spiro atoms. The van der Waals surface area contributed by atoms with Crippen LogP contribution in [0, 0.1) is 13.8 Å². The number of aliphatic hydroxyl groups is 1. The van der Waals surface area contributed by atoms with E-state index in [0.717, 1.165) is 33.2 Å². The molecule has 2 aliphatic rings. The van der Waals surface area contributed by atoms with Crippen LogP contribution in [0.2, 0.25) is 0 Å². The average molecular weight is 447 g/mol. The van der Waals surface area contributed by atoms with Gasteiger partial charge in [-0.1, -0.05) is 0 Å². The van der Waals surface area contributed by atoms with E-state index in [4.69, 9.17) is 21.3 Å². The lowest BCUT2D eigenvalue weighted by atomic mass is 9.96. The predicted molar refractivity (Wildman–Crippen MR) is 122 cm³/mol. The van der Waals surface area contributed by atoms with E-state index in [0.29, 0.717) is 35.7 Å². The molecule has 0 radical (unpaired) electrons. The summed E-state index contributed by atoms with van der Waals surface area (Å²) < 4.78 is 6.60. The molecule has 0 saturated heterocycles. The summed E-state index contributed by atoms with van der Waals surface area (Å²) in [6.45, 7) is 6.35. The van der Waals surface area contributed by atoms with E-state index in [2.05, 4.69) is 6.07 Å². The fourth-order valence-electron chi connectivity index (χ4n) is 4.64. The second kappa shape index (κ2) is 7.43. The molecule has 9 nitrogen and oxygen atoms in total. The van der Waals surface area contributed by atoms with Crippen LogP contribution < -0.4 is 17.1 Å². The molecule has 9 heteroatoms. The Morgan fingerprint density at radius 2 is 2.00 bits per heavy atom. The third kappa shape index (κ3) is 3.28. The number of carbonyl (C=O) groups excluding carboxylic acids is 1. The Labute approximate surface area is 189 Å². The van der Waals surface area contributed by atoms with Crippen LogP contribution >= 0.6 is 0 Å². The minimum Gasteiger partial charge on any atom is -0.458 e. The Bertz CT molecular complexity index is 1440. The molecular weight excluding hydrogens is 422 g/mol. The van der Waals surface area contributed by atoms with E-state index in [9.17, 15) is 14.7 Å². The number of carbonyl (C=O) groups is 1. The number of aliphatic hydroxyl groups excluding tert-OH is 1. The molecule has 3 aromatic rings. The summed E-state index contributed by atoms with van der Waals surface area (Å²) in [6, 6.07) is 5.79. The topological polar surface area (TPSA) is 137 Å². The smallest absolute Gasteiger partial charge is 0.340 e. The number of aromatic nitrogens is 2. The summed E-state index contributed by atoms with van der Waals surface area (Å²) in [5, 5.41) is 12.8. The third-order valence-electron chi connectivity index (χ3n) is 6.40. The van der Waals surface area contributed by atoms with Crippen molar-refractivity contribution < 1.29 is 14.6 Å². The molecule has 5 N–H and O–H groups in total. The van der Waals surface area contributed by atoms with Gasteiger partial charge in [-0.3, -0.25) is 4.79 Å². The quantitative estimate of drug-likeness (QED) is 0.245. The fraction of sp³-hybridized carbons (Fsp3) is 0.292. The highest BCUT2D eigenvalue weighted by molar-refractivity contribution is 5.89. The second-order valence-corrected chi connectivity index (χ2v) is 8.78. The first-order chi connectivity index (χ1) is 15.7. The van der Waals surface area contributed by atoms with E-state index in [1.165, 1.54) is 5.01 Å². The minimum absolute atomic E-state index is 0.154. The molecule has 1 unspecified atom stereocenters. The zero-order valence-corrected chi connectivity index (χ0v) is 18.7. The number of allylic oxidation sites excluding steroid dienone is 1. The van der Waals surface area contributed by atoms with E-state index in [1.54, 1.807) is 23.8 Å². The SMILES string of the molecule is C/C(N)=C/N(N)Cc1c2c(nc3cc(C)c(C)cc13)-c1cc3c(c(=O)n1C2)COC(=O)C3O. The molecule has 4 heterocycles. The molecule has 1 atom stereocenters. The van der Waals surface area contributed by atoms with Crippen LogP contribution in [0.5, 0.6) is 0 Å². The number of esters is 1. The van der Waals surface area contributed by atoms with Crippen LogP contribution in [-0.4, -0.2) is 25.6 Å². The maximum Gasteiger partial charge on any atom is 0.340 e. The van der Waals surface area contributed by atoms with Gasteiger partial charge in [0.05, 0.1) is 35.6 Å². The maximum absolute atomic E-state index is 13.3. The molecular formula is C24H25N5O4. The van der Waals surface area contributed by atoms with Gasteiger partial charge in [0.25, 0.3) is 5.56 Å². The lowest BCUT2D eigenvalue weighted by Crippen LogP contribution is -2.32. The van der Waals surface area contributed by atoms with E-state index < -0.39 is 12.1 Å². The van der Waals surface area contributed by atoms with Crippen LogP contribution in [0.3, 0.4) is 0 Å². The highest BCUT2D eigenvalue weighted by atomic mass is 16.5. The minimum atomic E-state index is -1.49. The van der Waals surface area contributed by atoms with E-state index in [1.807, 2.05) is 19.9 Å². The van der Waals surface area contributed by atoms with E-state index >= 15 is 0 Å². The largest absolute Gasteiger partial charge is 0.458 e. The van der Waals surface area contributed by atoms with Gasteiger partial charge in [0, 0.05) is 28.4 Å². The fourth-order valence-corrected chi connectivity index (χ4v) is 4.64. The van der Waals surface area contributed by atoms with Crippen LogP contribution in [0.4, 0.5) is 0 Å². The van der Waals surface area contributed by atoms with Crippen LogP contribution in [0.15, 0.2) is 34.9 Å². The highest BCUT2D eigenvalue weighted by Crippen LogP contribution is 2.38. The number of benzene rings is 1. The molecule has 2 aromatic heterocycles. The van der Waals surface area contributed by atoms with Crippen molar-refractivity contribution in [2.75, 3.05) is 0 Å². The molecule has 1 aromatic carbocycles. The van der Waals surface area contributed by atoms with Gasteiger partial charge in [-0.15, -0.1) is 0 Å². The van der Waals surface area contributed by atoms with Crippen molar-refractivity contribution >= 4 is 16.9 Å². The monoisotopic (exact) mass is 447 g/mol. The van der Waals surface area contributed by atoms with Crippen molar-refractivity contribution in [2.24, 2.45) is 11.6 Å². The van der Waals surface area contributed by atoms with Crippen molar-refractivity contribution in [3.63, 3.8) is 0 Å². The number of nitrogens with two attached hydrogens (primary N) is 2. The number of hydrogen-bond donors (Lipinski definition) is 3. The molecule has 5 rings (SSSR count). The summed E-state index contributed by atoms with van der Waals surface area (Å²) in [6.07, 6.45) is 0.171. The number of hydrogen-bond acceptors (Lipinski definition) is 8.